The number of nitrogens with zero attached hydrogens (tertiary/aromatic N) is 3. The fraction of sp³-hybridized carbons (Fsp3) is 0.381. The lowest BCUT2D eigenvalue weighted by Gasteiger charge is -2.15. The van der Waals surface area contributed by atoms with E-state index in [9.17, 15) is 9.90 Å². The van der Waals surface area contributed by atoms with Crippen LogP contribution >= 0.6 is 11.3 Å². The number of hydrogen-bond acceptors (Lipinski definition) is 5. The van der Waals surface area contributed by atoms with E-state index in [2.05, 4.69) is 11.1 Å². The van der Waals surface area contributed by atoms with Crippen LogP contribution in [0.1, 0.15) is 33.0 Å². The van der Waals surface area contributed by atoms with Crippen molar-refractivity contribution in [1.82, 2.24) is 14.9 Å². The van der Waals surface area contributed by atoms with Crippen LogP contribution in [0.2, 0.25) is 0 Å². The van der Waals surface area contributed by atoms with Gasteiger partial charge in [0.15, 0.2) is 0 Å². The Morgan fingerprint density at radius 3 is 2.81 bits per heavy atom. The number of β-amino-alcohol motifs (C(OH)–C–C–N with tert-alkyl or cyclic N) is 1. The number of aliphatic hydroxyl groups excluding tert-OH is 1. The lowest BCUT2D eigenvalue weighted by Crippen LogP contribution is -2.29. The van der Waals surface area contributed by atoms with E-state index in [1.807, 2.05) is 44.2 Å². The van der Waals surface area contributed by atoms with Crippen molar-refractivity contribution < 1.29 is 9.90 Å². The summed E-state index contributed by atoms with van der Waals surface area (Å²) >= 11 is 1.47. The molecular weight excluding hydrogens is 358 g/mol. The first-order valence-corrected chi connectivity index (χ1v) is 10.1. The molecule has 0 bridgehead atoms. The summed E-state index contributed by atoms with van der Waals surface area (Å²) in [4.78, 5) is 24.5. The number of aryl methyl sites for hydroxylation is 2. The van der Waals surface area contributed by atoms with Gasteiger partial charge in [-0.05, 0) is 31.9 Å². The third kappa shape index (κ3) is 3.59. The fourth-order valence-corrected chi connectivity index (χ4v) is 4.63. The van der Waals surface area contributed by atoms with E-state index in [0.29, 0.717) is 24.4 Å². The molecule has 0 saturated carbocycles. The number of thiazole rings is 1. The number of para-hydroxylation sites is 1. The van der Waals surface area contributed by atoms with Crippen LogP contribution in [-0.4, -0.2) is 45.1 Å². The number of rotatable bonds is 4. The van der Waals surface area contributed by atoms with E-state index in [4.69, 9.17) is 4.98 Å². The molecular formula is C21H23N3O2S. The number of aromatic nitrogens is 2. The zero-order valence-corrected chi connectivity index (χ0v) is 16.4. The number of amides is 1. The molecule has 3 heterocycles. The molecule has 1 fully saturated rings. The highest BCUT2D eigenvalue weighted by molar-refractivity contribution is 7.13. The number of carbonyl (C=O) groups excluding carboxylic acids is 1. The minimum atomic E-state index is -0.527. The van der Waals surface area contributed by atoms with Crippen molar-refractivity contribution in [3.63, 3.8) is 0 Å². The average molecular weight is 382 g/mol. The van der Waals surface area contributed by atoms with Crippen molar-refractivity contribution >= 4 is 28.1 Å². The molecule has 4 rings (SSSR count). The van der Waals surface area contributed by atoms with Crippen molar-refractivity contribution in [2.75, 3.05) is 13.1 Å². The van der Waals surface area contributed by atoms with Gasteiger partial charge in [0.25, 0.3) is 5.91 Å². The number of fused-ring (bicyclic) bond motifs is 1. The van der Waals surface area contributed by atoms with Gasteiger partial charge in [-0.25, -0.2) is 4.98 Å². The second-order valence-corrected chi connectivity index (χ2v) is 8.20. The summed E-state index contributed by atoms with van der Waals surface area (Å²) in [6.45, 7) is 4.84. The molecule has 2 aromatic heterocycles. The van der Waals surface area contributed by atoms with Gasteiger partial charge in [-0.15, -0.1) is 11.3 Å². The predicted molar refractivity (Wildman–Crippen MR) is 107 cm³/mol. The highest BCUT2D eigenvalue weighted by atomic mass is 32.1. The summed E-state index contributed by atoms with van der Waals surface area (Å²) in [5.74, 6) is -0.0146. The zero-order chi connectivity index (χ0) is 19.0. The molecule has 0 aliphatic carbocycles. The number of benzene rings is 1. The molecule has 1 aliphatic heterocycles. The van der Waals surface area contributed by atoms with Crippen molar-refractivity contribution in [3.8, 4) is 0 Å². The van der Waals surface area contributed by atoms with Crippen LogP contribution in [0.5, 0.6) is 0 Å². The molecule has 27 heavy (non-hydrogen) atoms. The lowest BCUT2D eigenvalue weighted by atomic mass is 9.99. The summed E-state index contributed by atoms with van der Waals surface area (Å²) < 4.78 is 0. The van der Waals surface area contributed by atoms with Gasteiger partial charge in [0.2, 0.25) is 0 Å². The Morgan fingerprint density at radius 1 is 1.22 bits per heavy atom. The monoisotopic (exact) mass is 381 g/mol. The molecule has 6 heteroatoms. The molecule has 1 saturated heterocycles. The van der Waals surface area contributed by atoms with Gasteiger partial charge < -0.3 is 10.0 Å². The third-order valence-corrected chi connectivity index (χ3v) is 6.45. The highest BCUT2D eigenvalue weighted by Crippen LogP contribution is 2.26. The smallest absolute Gasteiger partial charge is 0.265 e. The largest absolute Gasteiger partial charge is 0.391 e. The van der Waals surface area contributed by atoms with Gasteiger partial charge in [-0.2, -0.15) is 0 Å². The summed E-state index contributed by atoms with van der Waals surface area (Å²) in [5, 5.41) is 12.6. The molecule has 0 radical (unpaired) electrons. The normalized spacial score (nSPS) is 19.7. The third-order valence-electron chi connectivity index (χ3n) is 5.16. The molecule has 1 aliphatic rings. The average Bonchev–Trinajstić information content (AvgIpc) is 3.24. The van der Waals surface area contributed by atoms with Gasteiger partial charge in [-0.3, -0.25) is 9.78 Å². The maximum atomic E-state index is 12.9. The molecule has 3 aromatic rings. The Bertz CT molecular complexity index is 984. The quantitative estimate of drug-likeness (QED) is 0.753. The Balaban J connectivity index is 1.48. The molecule has 1 amide bonds. The SMILES string of the molecule is CCc1nc(C)c(C(=O)N2C[C@@H](Cc3ccc4ccccc4n3)[C@H](O)C2)s1. The van der Waals surface area contributed by atoms with Crippen molar-refractivity contribution in [2.24, 2.45) is 5.92 Å². The van der Waals surface area contributed by atoms with Crippen LogP contribution in [-0.2, 0) is 12.8 Å². The van der Waals surface area contributed by atoms with E-state index in [1.54, 1.807) is 4.90 Å². The van der Waals surface area contributed by atoms with Crippen molar-refractivity contribution in [3.05, 3.63) is 57.7 Å². The Morgan fingerprint density at radius 2 is 2.04 bits per heavy atom. The van der Waals surface area contributed by atoms with Crippen molar-refractivity contribution in [2.45, 2.75) is 32.8 Å². The van der Waals surface area contributed by atoms with E-state index in [0.717, 1.165) is 33.7 Å². The Hall–Kier alpha value is -2.31. The topological polar surface area (TPSA) is 66.3 Å². The molecule has 140 valence electrons. The molecule has 1 N–H and O–H groups in total. The van der Waals surface area contributed by atoms with Crippen LogP contribution in [0.15, 0.2) is 36.4 Å². The van der Waals surface area contributed by atoms with Crippen LogP contribution in [0, 0.1) is 12.8 Å². The highest BCUT2D eigenvalue weighted by Gasteiger charge is 2.35. The second kappa shape index (κ2) is 7.37. The zero-order valence-electron chi connectivity index (χ0n) is 15.6. The van der Waals surface area contributed by atoms with Gasteiger partial charge >= 0.3 is 0 Å². The van der Waals surface area contributed by atoms with Crippen LogP contribution < -0.4 is 0 Å². The number of aliphatic hydroxyl groups is 1. The van der Waals surface area contributed by atoms with E-state index in [-0.39, 0.29) is 11.8 Å². The van der Waals surface area contributed by atoms with E-state index in [1.165, 1.54) is 11.3 Å². The molecule has 5 nitrogen and oxygen atoms in total. The van der Waals surface area contributed by atoms with E-state index >= 15 is 0 Å². The Kier molecular flexibility index (Phi) is 4.93. The molecule has 0 unspecified atom stereocenters. The molecule has 1 aromatic carbocycles. The predicted octanol–water partition coefficient (Wildman–Crippen LogP) is 3.24. The number of pyridine rings is 1. The minimum absolute atomic E-state index is 0.00138. The molecule has 0 spiro atoms. The number of hydrogen-bond donors (Lipinski definition) is 1. The summed E-state index contributed by atoms with van der Waals surface area (Å²) in [5.41, 5.74) is 2.70. The van der Waals surface area contributed by atoms with Gasteiger partial charge in [0.1, 0.15) is 4.88 Å². The number of likely N-dealkylation sites (tertiary alicyclic amines) is 1. The first-order valence-electron chi connectivity index (χ1n) is 9.33. The van der Waals surface area contributed by atoms with Crippen LogP contribution in [0.3, 0.4) is 0 Å². The van der Waals surface area contributed by atoms with Crippen molar-refractivity contribution in [1.29, 1.82) is 0 Å². The maximum Gasteiger partial charge on any atom is 0.265 e. The first kappa shape index (κ1) is 18.1. The standard InChI is InChI=1S/C21H23N3O2S/c1-3-19-22-13(2)20(27-19)21(26)24-11-15(18(25)12-24)10-16-9-8-14-6-4-5-7-17(14)23-16/h4-9,15,18,25H,3,10-12H2,1-2H3/t15-,18-/m1/s1. The summed E-state index contributed by atoms with van der Waals surface area (Å²) in [6, 6.07) is 12.1. The van der Waals surface area contributed by atoms with Gasteiger partial charge in [0, 0.05) is 30.1 Å². The van der Waals surface area contributed by atoms with Crippen LogP contribution in [0.25, 0.3) is 10.9 Å². The lowest BCUT2D eigenvalue weighted by molar-refractivity contribution is 0.0768. The van der Waals surface area contributed by atoms with E-state index < -0.39 is 6.10 Å². The first-order chi connectivity index (χ1) is 13.0. The van der Waals surface area contributed by atoms with Crippen LogP contribution in [0.4, 0.5) is 0 Å². The summed E-state index contributed by atoms with van der Waals surface area (Å²) in [6.07, 6.45) is 0.969. The molecule has 2 atom stereocenters. The Labute approximate surface area is 162 Å². The fourth-order valence-electron chi connectivity index (χ4n) is 3.66. The minimum Gasteiger partial charge on any atom is -0.391 e. The van der Waals surface area contributed by atoms with Gasteiger partial charge in [-0.1, -0.05) is 31.2 Å². The van der Waals surface area contributed by atoms with Gasteiger partial charge in [0.05, 0.1) is 22.3 Å². The number of carbonyl (C=O) groups is 1. The second-order valence-electron chi connectivity index (χ2n) is 7.11. The summed E-state index contributed by atoms with van der Waals surface area (Å²) in [7, 11) is 0. The maximum absolute atomic E-state index is 12.9.